The fraction of sp³-hybridized carbons (Fsp3) is 0.333. The Hall–Kier alpha value is -0.580. The molecule has 0 saturated carbocycles. The summed E-state index contributed by atoms with van der Waals surface area (Å²) in [6, 6.07) is 4.21. The normalized spacial score (nSPS) is 12.9. The van der Waals surface area contributed by atoms with Gasteiger partial charge in [0.2, 0.25) is 0 Å². The van der Waals surface area contributed by atoms with Crippen molar-refractivity contribution in [1.29, 1.82) is 0 Å². The van der Waals surface area contributed by atoms with Crippen LogP contribution in [0.15, 0.2) is 38.0 Å². The van der Waals surface area contributed by atoms with Crippen LogP contribution in [0.5, 0.6) is 0 Å². The van der Waals surface area contributed by atoms with Crippen molar-refractivity contribution in [2.24, 2.45) is 0 Å². The summed E-state index contributed by atoms with van der Waals surface area (Å²) in [5, 5.41) is 7.74. The van der Waals surface area contributed by atoms with Crippen molar-refractivity contribution in [3.05, 3.63) is 45.0 Å². The summed E-state index contributed by atoms with van der Waals surface area (Å²) in [7, 11) is 0. The summed E-state index contributed by atoms with van der Waals surface area (Å²) in [5.74, 6) is 0.951. The molecule has 86 valence electrons. The van der Waals surface area contributed by atoms with Crippen molar-refractivity contribution >= 4 is 27.3 Å². The van der Waals surface area contributed by atoms with Crippen molar-refractivity contribution in [2.75, 3.05) is 6.54 Å². The first kappa shape index (κ1) is 11.9. The molecule has 2 nitrogen and oxygen atoms in total. The van der Waals surface area contributed by atoms with Crippen molar-refractivity contribution in [3.8, 4) is 0 Å². The topological polar surface area (TPSA) is 25.2 Å². The van der Waals surface area contributed by atoms with Gasteiger partial charge in [0, 0.05) is 0 Å². The maximum Gasteiger partial charge on any atom is 0.139 e. The van der Waals surface area contributed by atoms with Gasteiger partial charge in [-0.2, -0.15) is 11.3 Å². The second-order valence-electron chi connectivity index (χ2n) is 3.58. The van der Waals surface area contributed by atoms with Crippen LogP contribution in [0.1, 0.15) is 30.7 Å². The lowest BCUT2D eigenvalue weighted by Crippen LogP contribution is -2.22. The highest BCUT2D eigenvalue weighted by Gasteiger charge is 2.19. The fourth-order valence-electron chi connectivity index (χ4n) is 1.60. The second-order valence-corrected chi connectivity index (χ2v) is 5.21. The zero-order chi connectivity index (χ0) is 11.4. The molecule has 1 unspecified atom stereocenters. The summed E-state index contributed by atoms with van der Waals surface area (Å²) in [4.78, 5) is 0. The van der Waals surface area contributed by atoms with E-state index in [9.17, 15) is 0 Å². The molecule has 0 amide bonds. The van der Waals surface area contributed by atoms with E-state index in [0.29, 0.717) is 0 Å². The maximum absolute atomic E-state index is 5.54. The van der Waals surface area contributed by atoms with Crippen LogP contribution in [0.2, 0.25) is 0 Å². The zero-order valence-electron chi connectivity index (χ0n) is 9.07. The van der Waals surface area contributed by atoms with Crippen LogP contribution in [0.25, 0.3) is 0 Å². The number of halogens is 1. The van der Waals surface area contributed by atoms with Gasteiger partial charge in [-0.15, -0.1) is 0 Å². The van der Waals surface area contributed by atoms with Crippen molar-refractivity contribution in [2.45, 2.75) is 19.4 Å². The molecule has 0 saturated heterocycles. The lowest BCUT2D eigenvalue weighted by atomic mass is 10.1. The number of furan rings is 1. The molecule has 0 aliphatic heterocycles. The SMILES string of the molecule is CCCNC(c1ccsc1)c1occc1Br. The third kappa shape index (κ3) is 2.56. The molecule has 2 heterocycles. The summed E-state index contributed by atoms with van der Waals surface area (Å²) < 4.78 is 6.56. The Morgan fingerprint density at radius 3 is 2.94 bits per heavy atom. The minimum absolute atomic E-state index is 0.149. The monoisotopic (exact) mass is 299 g/mol. The van der Waals surface area contributed by atoms with Gasteiger partial charge in [-0.05, 0) is 57.4 Å². The number of nitrogens with one attached hydrogen (secondary N) is 1. The number of rotatable bonds is 5. The molecule has 2 aromatic heterocycles. The second kappa shape index (κ2) is 5.66. The van der Waals surface area contributed by atoms with E-state index in [1.165, 1.54) is 5.56 Å². The highest BCUT2D eigenvalue weighted by Crippen LogP contribution is 2.30. The van der Waals surface area contributed by atoms with Crippen molar-refractivity contribution in [1.82, 2.24) is 5.32 Å². The molecule has 0 spiro atoms. The van der Waals surface area contributed by atoms with Crippen LogP contribution < -0.4 is 5.32 Å². The minimum atomic E-state index is 0.149. The van der Waals surface area contributed by atoms with Crippen LogP contribution in [-0.2, 0) is 0 Å². The average Bonchev–Trinajstić information content (AvgIpc) is 2.91. The van der Waals surface area contributed by atoms with E-state index in [2.05, 4.69) is 45.0 Å². The molecule has 0 radical (unpaired) electrons. The number of thiophene rings is 1. The Kier molecular flexibility index (Phi) is 4.21. The van der Waals surface area contributed by atoms with E-state index >= 15 is 0 Å². The molecule has 0 bridgehead atoms. The third-order valence-electron chi connectivity index (χ3n) is 2.38. The Balaban J connectivity index is 2.25. The van der Waals surface area contributed by atoms with E-state index in [0.717, 1.165) is 23.2 Å². The first-order valence-corrected chi connectivity index (χ1v) is 7.05. The van der Waals surface area contributed by atoms with Gasteiger partial charge in [-0.1, -0.05) is 6.92 Å². The summed E-state index contributed by atoms with van der Waals surface area (Å²) in [6.45, 7) is 3.14. The smallest absolute Gasteiger partial charge is 0.139 e. The van der Waals surface area contributed by atoms with Gasteiger partial charge in [0.05, 0.1) is 16.8 Å². The highest BCUT2D eigenvalue weighted by atomic mass is 79.9. The van der Waals surface area contributed by atoms with E-state index < -0.39 is 0 Å². The van der Waals surface area contributed by atoms with E-state index in [-0.39, 0.29) is 6.04 Å². The van der Waals surface area contributed by atoms with Gasteiger partial charge in [0.1, 0.15) is 5.76 Å². The lowest BCUT2D eigenvalue weighted by molar-refractivity contribution is 0.445. The first-order chi connectivity index (χ1) is 7.83. The molecular weight excluding hydrogens is 286 g/mol. The Labute approximate surface area is 108 Å². The van der Waals surface area contributed by atoms with E-state index in [4.69, 9.17) is 4.42 Å². The molecule has 0 aliphatic carbocycles. The number of hydrogen-bond acceptors (Lipinski definition) is 3. The van der Waals surface area contributed by atoms with Gasteiger partial charge < -0.3 is 9.73 Å². The Morgan fingerprint density at radius 1 is 1.50 bits per heavy atom. The van der Waals surface area contributed by atoms with Crippen LogP contribution in [0.3, 0.4) is 0 Å². The van der Waals surface area contributed by atoms with Crippen LogP contribution >= 0.6 is 27.3 Å². The first-order valence-electron chi connectivity index (χ1n) is 5.31. The van der Waals surface area contributed by atoms with E-state index in [1.807, 2.05) is 6.07 Å². The quantitative estimate of drug-likeness (QED) is 0.895. The molecule has 0 fully saturated rings. The maximum atomic E-state index is 5.54. The molecular formula is C12H14BrNOS. The molecule has 2 aromatic rings. The highest BCUT2D eigenvalue weighted by molar-refractivity contribution is 9.10. The van der Waals surface area contributed by atoms with Crippen LogP contribution in [0.4, 0.5) is 0 Å². The molecule has 1 N–H and O–H groups in total. The molecule has 0 aromatic carbocycles. The van der Waals surface area contributed by atoms with Crippen molar-refractivity contribution < 1.29 is 4.42 Å². The fourth-order valence-corrected chi connectivity index (χ4v) is 2.72. The standard InChI is InChI=1S/C12H14BrNOS/c1-2-5-14-11(9-4-7-16-8-9)12-10(13)3-6-15-12/h3-4,6-8,11,14H,2,5H2,1H3. The molecule has 4 heteroatoms. The predicted octanol–water partition coefficient (Wildman–Crippen LogP) is 4.19. The average molecular weight is 300 g/mol. The summed E-state index contributed by atoms with van der Waals surface area (Å²) in [5.41, 5.74) is 1.26. The van der Waals surface area contributed by atoms with Gasteiger partial charge >= 0.3 is 0 Å². The molecule has 16 heavy (non-hydrogen) atoms. The van der Waals surface area contributed by atoms with Gasteiger partial charge in [0.25, 0.3) is 0 Å². The largest absolute Gasteiger partial charge is 0.466 e. The van der Waals surface area contributed by atoms with Gasteiger partial charge in [-0.3, -0.25) is 0 Å². The van der Waals surface area contributed by atoms with Crippen molar-refractivity contribution in [3.63, 3.8) is 0 Å². The van der Waals surface area contributed by atoms with Crippen LogP contribution in [-0.4, -0.2) is 6.54 Å². The Morgan fingerprint density at radius 2 is 2.38 bits per heavy atom. The molecule has 1 atom stereocenters. The van der Waals surface area contributed by atoms with Gasteiger partial charge in [0.15, 0.2) is 0 Å². The molecule has 2 rings (SSSR count). The summed E-state index contributed by atoms with van der Waals surface area (Å²) in [6.07, 6.45) is 2.82. The van der Waals surface area contributed by atoms with Gasteiger partial charge in [-0.25, -0.2) is 0 Å². The minimum Gasteiger partial charge on any atom is -0.466 e. The van der Waals surface area contributed by atoms with E-state index in [1.54, 1.807) is 17.6 Å². The van der Waals surface area contributed by atoms with Crippen LogP contribution in [0, 0.1) is 0 Å². The summed E-state index contributed by atoms with van der Waals surface area (Å²) >= 11 is 5.22. The lowest BCUT2D eigenvalue weighted by Gasteiger charge is -2.15. The third-order valence-corrected chi connectivity index (χ3v) is 3.74. The molecule has 0 aliphatic rings. The predicted molar refractivity (Wildman–Crippen MR) is 70.9 cm³/mol. The number of hydrogen-bond donors (Lipinski definition) is 1. The zero-order valence-corrected chi connectivity index (χ0v) is 11.5. The Bertz CT molecular complexity index is 424.